The number of carboxylic acids is 1. The van der Waals surface area contributed by atoms with E-state index in [0.717, 1.165) is 11.6 Å². The zero-order valence-electron chi connectivity index (χ0n) is 19.8. The first-order valence-electron chi connectivity index (χ1n) is 11.4. The summed E-state index contributed by atoms with van der Waals surface area (Å²) in [5.74, 6) is -1.89. The summed E-state index contributed by atoms with van der Waals surface area (Å²) in [4.78, 5) is 33.2. The number of piperazine rings is 1. The fourth-order valence-electron chi connectivity index (χ4n) is 4.41. The second kappa shape index (κ2) is 10.9. The molecule has 190 valence electrons. The predicted molar refractivity (Wildman–Crippen MR) is 139 cm³/mol. The molecule has 36 heavy (non-hydrogen) atoms. The summed E-state index contributed by atoms with van der Waals surface area (Å²) in [6.45, 7) is 5.10. The number of aryl methyl sites for hydroxylation is 1. The zero-order chi connectivity index (χ0) is 26.0. The molecular formula is C25H25Cl2FN4O4. The molecule has 1 aliphatic heterocycles. The van der Waals surface area contributed by atoms with Gasteiger partial charge in [-0.15, -0.1) is 0 Å². The lowest BCUT2D eigenvalue weighted by Gasteiger charge is -2.36. The van der Waals surface area contributed by atoms with Crippen molar-refractivity contribution in [3.8, 4) is 0 Å². The van der Waals surface area contributed by atoms with Gasteiger partial charge in [-0.05, 0) is 37.3 Å². The Bertz CT molecular complexity index is 1400. The number of oxime groups is 1. The Morgan fingerprint density at radius 3 is 2.47 bits per heavy atom. The van der Waals surface area contributed by atoms with E-state index in [1.165, 1.54) is 13.3 Å². The van der Waals surface area contributed by atoms with Crippen molar-refractivity contribution >= 4 is 51.5 Å². The number of carboxylic acid groups (broad SMARTS) is 1. The summed E-state index contributed by atoms with van der Waals surface area (Å²) in [6, 6.07) is 7.96. The Labute approximate surface area is 217 Å². The van der Waals surface area contributed by atoms with Crippen molar-refractivity contribution in [1.29, 1.82) is 0 Å². The van der Waals surface area contributed by atoms with E-state index < -0.39 is 17.2 Å². The Kier molecular flexibility index (Phi) is 7.82. The molecule has 0 spiro atoms. The van der Waals surface area contributed by atoms with E-state index in [2.05, 4.69) is 10.1 Å². The molecule has 8 nitrogen and oxygen atoms in total. The summed E-state index contributed by atoms with van der Waals surface area (Å²) < 4.78 is 16.8. The van der Waals surface area contributed by atoms with Crippen molar-refractivity contribution in [2.45, 2.75) is 13.5 Å². The van der Waals surface area contributed by atoms with E-state index in [1.54, 1.807) is 28.8 Å². The number of hydrogen-bond acceptors (Lipinski definition) is 6. The van der Waals surface area contributed by atoms with Gasteiger partial charge in [0.1, 0.15) is 24.2 Å². The Morgan fingerprint density at radius 1 is 1.14 bits per heavy atom. The van der Waals surface area contributed by atoms with Gasteiger partial charge in [-0.2, -0.15) is 0 Å². The van der Waals surface area contributed by atoms with E-state index in [9.17, 15) is 14.7 Å². The van der Waals surface area contributed by atoms with Crippen molar-refractivity contribution in [3.63, 3.8) is 0 Å². The molecule has 0 amide bonds. The highest BCUT2D eigenvalue weighted by molar-refractivity contribution is 6.37. The maximum Gasteiger partial charge on any atom is 0.341 e. The average Bonchev–Trinajstić information content (AvgIpc) is 2.84. The normalized spacial score (nSPS) is 14.9. The molecule has 2 heterocycles. The van der Waals surface area contributed by atoms with Crippen LogP contribution >= 0.6 is 23.2 Å². The number of carbonyl (C=O) groups is 1. The van der Waals surface area contributed by atoms with Crippen molar-refractivity contribution in [2.75, 3.05) is 44.7 Å². The highest BCUT2D eigenvalue weighted by Crippen LogP contribution is 2.27. The second-order valence-electron chi connectivity index (χ2n) is 8.39. The summed E-state index contributed by atoms with van der Waals surface area (Å²) >= 11 is 12.4. The van der Waals surface area contributed by atoms with E-state index >= 15 is 4.39 Å². The van der Waals surface area contributed by atoms with Crippen molar-refractivity contribution in [1.82, 2.24) is 9.47 Å². The fourth-order valence-corrected chi connectivity index (χ4v) is 4.93. The van der Waals surface area contributed by atoms with Crippen LogP contribution in [0.15, 0.2) is 46.5 Å². The summed E-state index contributed by atoms with van der Waals surface area (Å²) in [5.41, 5.74) is 1.19. The van der Waals surface area contributed by atoms with Crippen LogP contribution in [0.1, 0.15) is 22.8 Å². The first kappa shape index (κ1) is 25.9. The molecule has 1 N–H and O–H groups in total. The number of aromatic nitrogens is 1. The van der Waals surface area contributed by atoms with Crippen molar-refractivity contribution < 1.29 is 19.1 Å². The van der Waals surface area contributed by atoms with Crippen molar-refractivity contribution in [2.24, 2.45) is 5.16 Å². The van der Waals surface area contributed by atoms with Crippen LogP contribution < -0.4 is 10.3 Å². The predicted octanol–water partition coefficient (Wildman–Crippen LogP) is 4.34. The third kappa shape index (κ3) is 5.18. The van der Waals surface area contributed by atoms with Crippen LogP contribution in [0.2, 0.25) is 10.0 Å². The SMILES string of the molecule is CCn1cc(C(=O)O)c(=O)c2cc(F)c(N3CCN(C/C(=N\OC)c4ccc(Cl)cc4Cl)CC3)cc21. The Balaban J connectivity index is 1.55. The van der Waals surface area contributed by atoms with E-state index in [1.807, 2.05) is 11.8 Å². The van der Waals surface area contributed by atoms with Crippen LogP contribution in [0.25, 0.3) is 10.9 Å². The van der Waals surface area contributed by atoms with Gasteiger partial charge >= 0.3 is 5.97 Å². The topological polar surface area (TPSA) is 87.4 Å². The number of rotatable bonds is 7. The standard InChI is InChI=1S/C25H25Cl2FN4O4/c1-3-31-13-18(25(34)35)24(33)17-11-20(28)23(12-22(17)31)32-8-6-30(7-9-32)14-21(29-36-2)16-5-4-15(26)10-19(16)27/h4-5,10-13H,3,6-9,14H2,1-2H3,(H,34,35)/b29-21+. The molecule has 1 aromatic heterocycles. The molecule has 0 radical (unpaired) electrons. The monoisotopic (exact) mass is 534 g/mol. The Hall–Kier alpha value is -3.14. The van der Waals surface area contributed by atoms with Crippen LogP contribution in [-0.2, 0) is 11.4 Å². The third-order valence-corrected chi connectivity index (χ3v) is 6.80. The molecule has 0 saturated carbocycles. The maximum atomic E-state index is 15.1. The van der Waals surface area contributed by atoms with Crippen molar-refractivity contribution in [3.05, 3.63) is 73.7 Å². The molecule has 0 bridgehead atoms. The minimum absolute atomic E-state index is 0.0527. The highest BCUT2D eigenvalue weighted by Gasteiger charge is 2.24. The lowest BCUT2D eigenvalue weighted by molar-refractivity contribution is 0.0695. The summed E-state index contributed by atoms with van der Waals surface area (Å²) in [7, 11) is 1.47. The van der Waals surface area contributed by atoms with Gasteiger partial charge in [0.05, 0.1) is 16.2 Å². The van der Waals surface area contributed by atoms with Crippen LogP contribution in [0.4, 0.5) is 10.1 Å². The molecule has 1 fully saturated rings. The van der Waals surface area contributed by atoms with E-state index in [0.29, 0.717) is 66.2 Å². The first-order valence-corrected chi connectivity index (χ1v) is 12.1. The fraction of sp³-hybridized carbons (Fsp3) is 0.320. The minimum Gasteiger partial charge on any atom is -0.477 e. The quantitative estimate of drug-likeness (QED) is 0.358. The van der Waals surface area contributed by atoms with Crippen LogP contribution in [0.3, 0.4) is 0 Å². The molecule has 4 rings (SSSR count). The Morgan fingerprint density at radius 2 is 1.86 bits per heavy atom. The summed E-state index contributed by atoms with van der Waals surface area (Å²) in [6.07, 6.45) is 1.31. The van der Waals surface area contributed by atoms with Crippen LogP contribution in [0.5, 0.6) is 0 Å². The molecule has 0 unspecified atom stereocenters. The van der Waals surface area contributed by atoms with Gasteiger partial charge in [-0.3, -0.25) is 9.69 Å². The highest BCUT2D eigenvalue weighted by atomic mass is 35.5. The lowest BCUT2D eigenvalue weighted by atomic mass is 10.1. The van der Waals surface area contributed by atoms with E-state index in [-0.39, 0.29) is 10.9 Å². The molecule has 3 aromatic rings. The first-order chi connectivity index (χ1) is 17.2. The molecule has 11 heteroatoms. The van der Waals surface area contributed by atoms with E-state index in [4.69, 9.17) is 28.0 Å². The number of anilines is 1. The number of fused-ring (bicyclic) bond motifs is 1. The number of hydrogen-bond donors (Lipinski definition) is 1. The van der Waals surface area contributed by atoms with Gasteiger partial charge in [0, 0.05) is 61.4 Å². The zero-order valence-corrected chi connectivity index (χ0v) is 21.3. The number of benzene rings is 2. The number of nitrogens with zero attached hydrogens (tertiary/aromatic N) is 4. The van der Waals surface area contributed by atoms with Crippen LogP contribution in [0, 0.1) is 5.82 Å². The molecule has 1 saturated heterocycles. The van der Waals surface area contributed by atoms with Gasteiger partial charge in [-0.25, -0.2) is 9.18 Å². The number of aromatic carboxylic acids is 1. The molecule has 2 aromatic carbocycles. The minimum atomic E-state index is -1.33. The number of halogens is 3. The molecule has 1 aliphatic rings. The smallest absolute Gasteiger partial charge is 0.341 e. The number of pyridine rings is 1. The van der Waals surface area contributed by atoms with Gasteiger partial charge in [0.25, 0.3) is 0 Å². The maximum absolute atomic E-state index is 15.1. The second-order valence-corrected chi connectivity index (χ2v) is 9.24. The average molecular weight is 535 g/mol. The largest absolute Gasteiger partial charge is 0.477 e. The van der Waals surface area contributed by atoms with Crippen LogP contribution in [-0.4, -0.2) is 66.1 Å². The summed E-state index contributed by atoms with van der Waals surface area (Å²) in [5, 5.41) is 14.6. The molecular weight excluding hydrogens is 510 g/mol. The van der Waals surface area contributed by atoms with Gasteiger partial charge < -0.3 is 19.4 Å². The third-order valence-electron chi connectivity index (χ3n) is 6.25. The molecule has 0 atom stereocenters. The van der Waals surface area contributed by atoms with Gasteiger partial charge in [0.15, 0.2) is 0 Å². The van der Waals surface area contributed by atoms with Gasteiger partial charge in [0.2, 0.25) is 5.43 Å². The molecule has 0 aliphatic carbocycles. The lowest BCUT2D eigenvalue weighted by Crippen LogP contribution is -2.48. The van der Waals surface area contributed by atoms with Gasteiger partial charge in [-0.1, -0.05) is 28.4 Å².